The third-order valence-electron chi connectivity index (χ3n) is 4.36. The molecule has 3 aromatic heterocycles. The molecule has 0 spiro atoms. The Morgan fingerprint density at radius 3 is 2.59 bits per heavy atom. The fourth-order valence-corrected chi connectivity index (χ4v) is 3.57. The van der Waals surface area contributed by atoms with Gasteiger partial charge in [-0.3, -0.25) is 14.3 Å². The van der Waals surface area contributed by atoms with Crippen molar-refractivity contribution in [2.75, 3.05) is 0 Å². The lowest BCUT2D eigenvalue weighted by Gasteiger charge is -2.15. The molecule has 4 rings (SSSR count). The topological polar surface area (TPSA) is 60.7 Å². The molecule has 1 aromatic carbocycles. The van der Waals surface area contributed by atoms with E-state index in [9.17, 15) is 22.4 Å². The number of benzene rings is 1. The Kier molecular flexibility index (Phi) is 4.87. The summed E-state index contributed by atoms with van der Waals surface area (Å²) in [5.41, 5.74) is -0.0892. The van der Waals surface area contributed by atoms with E-state index >= 15 is 0 Å². The van der Waals surface area contributed by atoms with Crippen molar-refractivity contribution in [3.05, 3.63) is 74.8 Å². The molecule has 0 aliphatic heterocycles. The second kappa shape index (κ2) is 7.36. The van der Waals surface area contributed by atoms with Crippen LogP contribution in [0.15, 0.2) is 52.2 Å². The van der Waals surface area contributed by atoms with E-state index in [2.05, 4.69) is 15.0 Å². The minimum absolute atomic E-state index is 0.0677. The predicted molar refractivity (Wildman–Crippen MR) is 100 cm³/mol. The van der Waals surface area contributed by atoms with Gasteiger partial charge in [0.1, 0.15) is 11.5 Å². The summed E-state index contributed by atoms with van der Waals surface area (Å²) in [5, 5.41) is 1.02. The van der Waals surface area contributed by atoms with Crippen LogP contribution in [0.2, 0.25) is 0 Å². The molecular formula is C19H12F4N4OS. The number of rotatable bonds is 4. The molecule has 0 aliphatic rings. The first-order chi connectivity index (χ1) is 13.9. The van der Waals surface area contributed by atoms with E-state index in [1.165, 1.54) is 35.0 Å². The second-order valence-corrected chi connectivity index (χ2v) is 6.88. The highest BCUT2D eigenvalue weighted by atomic mass is 32.1. The second-order valence-electron chi connectivity index (χ2n) is 6.16. The Labute approximate surface area is 165 Å². The van der Waals surface area contributed by atoms with Crippen LogP contribution >= 0.6 is 11.3 Å². The summed E-state index contributed by atoms with van der Waals surface area (Å²) in [7, 11) is 0. The number of pyridine rings is 1. The summed E-state index contributed by atoms with van der Waals surface area (Å²) >= 11 is 1.26. The number of thiazole rings is 1. The number of nitrogens with zero attached hydrogens (tertiary/aromatic N) is 4. The molecule has 0 saturated carbocycles. The summed E-state index contributed by atoms with van der Waals surface area (Å²) in [5.74, 6) is -0.332. The van der Waals surface area contributed by atoms with E-state index in [1.54, 1.807) is 17.5 Å². The molecule has 0 unspecified atom stereocenters. The van der Waals surface area contributed by atoms with Crippen molar-refractivity contribution >= 4 is 22.2 Å². The fourth-order valence-electron chi connectivity index (χ4n) is 3.04. The van der Waals surface area contributed by atoms with Gasteiger partial charge in [-0.15, -0.1) is 11.3 Å². The van der Waals surface area contributed by atoms with Gasteiger partial charge in [0.15, 0.2) is 11.5 Å². The Morgan fingerprint density at radius 2 is 1.90 bits per heavy atom. The predicted octanol–water partition coefficient (Wildman–Crippen LogP) is 4.32. The summed E-state index contributed by atoms with van der Waals surface area (Å²) in [6, 6.07) is 7.27. The molecule has 3 heterocycles. The van der Waals surface area contributed by atoms with Gasteiger partial charge in [0.2, 0.25) is 0 Å². The van der Waals surface area contributed by atoms with Crippen LogP contribution in [0.5, 0.6) is 0 Å². The maximum atomic E-state index is 14.0. The summed E-state index contributed by atoms with van der Waals surface area (Å²) in [4.78, 5) is 24.8. The average Bonchev–Trinajstić information content (AvgIpc) is 3.22. The van der Waals surface area contributed by atoms with Gasteiger partial charge in [0, 0.05) is 18.1 Å². The van der Waals surface area contributed by atoms with Gasteiger partial charge in [0.25, 0.3) is 5.56 Å². The molecule has 0 N–H and O–H groups in total. The molecule has 0 aliphatic carbocycles. The van der Waals surface area contributed by atoms with Crippen molar-refractivity contribution < 1.29 is 17.6 Å². The van der Waals surface area contributed by atoms with Crippen LogP contribution in [0.25, 0.3) is 22.4 Å². The normalized spacial score (nSPS) is 11.9. The number of aromatic nitrogens is 4. The van der Waals surface area contributed by atoms with Crippen molar-refractivity contribution in [3.63, 3.8) is 0 Å². The van der Waals surface area contributed by atoms with Crippen LogP contribution in [-0.2, 0) is 19.1 Å². The minimum atomic E-state index is -4.81. The zero-order valence-corrected chi connectivity index (χ0v) is 15.5. The van der Waals surface area contributed by atoms with Crippen LogP contribution < -0.4 is 5.56 Å². The fraction of sp³-hybridized carbons (Fsp3) is 0.158. The SMILES string of the molecule is O=c1c2c(C(F)(F)F)nccc2nc(-c2cscn2)n1CCc1ccccc1F. The van der Waals surface area contributed by atoms with E-state index in [1.807, 2.05) is 0 Å². The van der Waals surface area contributed by atoms with Crippen molar-refractivity contribution in [2.45, 2.75) is 19.1 Å². The van der Waals surface area contributed by atoms with Gasteiger partial charge < -0.3 is 0 Å². The van der Waals surface area contributed by atoms with Crippen LogP contribution in [0, 0.1) is 5.82 Å². The van der Waals surface area contributed by atoms with Gasteiger partial charge in [-0.25, -0.2) is 14.4 Å². The van der Waals surface area contributed by atoms with E-state index < -0.39 is 28.6 Å². The third kappa shape index (κ3) is 3.63. The molecule has 148 valence electrons. The minimum Gasteiger partial charge on any atom is -0.290 e. The lowest BCUT2D eigenvalue weighted by atomic mass is 10.1. The molecule has 0 radical (unpaired) electrons. The Morgan fingerprint density at radius 1 is 1.10 bits per heavy atom. The van der Waals surface area contributed by atoms with Gasteiger partial charge in [0.05, 0.1) is 16.4 Å². The number of hydrogen-bond donors (Lipinski definition) is 0. The summed E-state index contributed by atoms with van der Waals surface area (Å²) in [6.45, 7) is -0.0677. The van der Waals surface area contributed by atoms with E-state index in [0.717, 1.165) is 10.8 Å². The molecular weight excluding hydrogens is 408 g/mol. The van der Waals surface area contributed by atoms with Gasteiger partial charge >= 0.3 is 6.18 Å². The first-order valence-corrected chi connectivity index (χ1v) is 9.39. The van der Waals surface area contributed by atoms with Crippen LogP contribution in [0.3, 0.4) is 0 Å². The molecule has 0 amide bonds. The maximum Gasteiger partial charge on any atom is 0.434 e. The van der Waals surface area contributed by atoms with Crippen molar-refractivity contribution in [1.82, 2.24) is 19.5 Å². The van der Waals surface area contributed by atoms with Crippen molar-refractivity contribution in [2.24, 2.45) is 0 Å². The Balaban J connectivity index is 1.92. The highest BCUT2D eigenvalue weighted by Gasteiger charge is 2.36. The van der Waals surface area contributed by atoms with Crippen LogP contribution in [0.1, 0.15) is 11.3 Å². The van der Waals surface area contributed by atoms with Gasteiger partial charge in [-0.2, -0.15) is 13.2 Å². The molecule has 0 atom stereocenters. The number of fused-ring (bicyclic) bond motifs is 1. The highest BCUT2D eigenvalue weighted by Crippen LogP contribution is 2.31. The molecule has 29 heavy (non-hydrogen) atoms. The monoisotopic (exact) mass is 420 g/mol. The Hall–Kier alpha value is -3.14. The zero-order chi connectivity index (χ0) is 20.6. The van der Waals surface area contributed by atoms with Crippen LogP contribution in [-0.4, -0.2) is 19.5 Å². The number of hydrogen-bond acceptors (Lipinski definition) is 5. The maximum absolute atomic E-state index is 14.0. The number of aryl methyl sites for hydroxylation is 1. The molecule has 0 bridgehead atoms. The Bertz CT molecular complexity index is 1240. The number of halogens is 4. The average molecular weight is 420 g/mol. The summed E-state index contributed by atoms with van der Waals surface area (Å²) in [6.07, 6.45) is -3.75. The van der Waals surface area contributed by atoms with E-state index in [0.29, 0.717) is 11.3 Å². The van der Waals surface area contributed by atoms with E-state index in [4.69, 9.17) is 0 Å². The van der Waals surface area contributed by atoms with Crippen molar-refractivity contribution in [3.8, 4) is 11.5 Å². The van der Waals surface area contributed by atoms with Crippen LogP contribution in [0.4, 0.5) is 17.6 Å². The lowest BCUT2D eigenvalue weighted by molar-refractivity contribution is -0.139. The summed E-state index contributed by atoms with van der Waals surface area (Å²) < 4.78 is 55.3. The first kappa shape index (κ1) is 19.2. The largest absolute Gasteiger partial charge is 0.434 e. The molecule has 10 heteroatoms. The molecule has 0 fully saturated rings. The van der Waals surface area contributed by atoms with E-state index in [-0.39, 0.29) is 24.3 Å². The number of alkyl halides is 3. The molecule has 5 nitrogen and oxygen atoms in total. The van der Waals surface area contributed by atoms with Crippen molar-refractivity contribution in [1.29, 1.82) is 0 Å². The van der Waals surface area contributed by atoms with Gasteiger partial charge in [-0.1, -0.05) is 18.2 Å². The molecule has 4 aromatic rings. The van der Waals surface area contributed by atoms with Gasteiger partial charge in [-0.05, 0) is 24.1 Å². The highest BCUT2D eigenvalue weighted by molar-refractivity contribution is 7.07. The lowest BCUT2D eigenvalue weighted by Crippen LogP contribution is -2.27. The quantitative estimate of drug-likeness (QED) is 0.462. The standard InChI is InChI=1S/C19H12F4N4OS/c20-12-4-2-1-3-11(12)6-8-27-17(14-9-29-10-25-14)26-13-5-7-24-16(19(21,22)23)15(13)18(27)28/h1-5,7,9-10H,6,8H2. The smallest absolute Gasteiger partial charge is 0.290 e. The third-order valence-corrected chi connectivity index (χ3v) is 4.95. The molecule has 0 saturated heterocycles. The zero-order valence-electron chi connectivity index (χ0n) is 14.7. The first-order valence-electron chi connectivity index (χ1n) is 8.45.